The second-order valence-corrected chi connectivity index (χ2v) is 5.02. The maximum atomic E-state index is 13.3. The van der Waals surface area contributed by atoms with Crippen LogP contribution in [0.15, 0.2) is 47.6 Å². The molecule has 0 bridgehead atoms. The third kappa shape index (κ3) is 1.64. The Morgan fingerprint density at radius 2 is 1.82 bits per heavy atom. The fourth-order valence-electron chi connectivity index (χ4n) is 2.81. The highest BCUT2D eigenvalue weighted by atomic mass is 19.1. The van der Waals surface area contributed by atoms with Gasteiger partial charge >= 0.3 is 0 Å². The lowest BCUT2D eigenvalue weighted by atomic mass is 10.1. The maximum Gasteiger partial charge on any atom is 0.199 e. The number of benzene rings is 2. The van der Waals surface area contributed by atoms with Crippen LogP contribution in [0.4, 0.5) is 10.1 Å². The van der Waals surface area contributed by atoms with Crippen LogP contribution in [0.25, 0.3) is 33.1 Å². The number of hydrogen-bond donors (Lipinski definition) is 3. The average molecular weight is 295 g/mol. The van der Waals surface area contributed by atoms with Gasteiger partial charge in [-0.25, -0.2) is 4.39 Å². The summed E-state index contributed by atoms with van der Waals surface area (Å²) in [6.45, 7) is 0. The van der Waals surface area contributed by atoms with Gasteiger partial charge in [0.25, 0.3) is 0 Å². The molecule has 0 amide bonds. The lowest BCUT2D eigenvalue weighted by molar-refractivity contribution is 0.460. The minimum Gasteiger partial charge on any atom is -0.494 e. The molecular formula is C16H10FN3O2. The van der Waals surface area contributed by atoms with Gasteiger partial charge in [-0.3, -0.25) is 0 Å². The number of H-pyrrole nitrogens is 2. The number of nitroso groups, excluding NO2 is 1. The van der Waals surface area contributed by atoms with E-state index in [-0.39, 0.29) is 11.6 Å². The first-order valence-corrected chi connectivity index (χ1v) is 6.63. The normalized spacial score (nSPS) is 11.3. The van der Waals surface area contributed by atoms with Crippen molar-refractivity contribution in [2.24, 2.45) is 5.18 Å². The van der Waals surface area contributed by atoms with Crippen LogP contribution in [0.2, 0.25) is 0 Å². The summed E-state index contributed by atoms with van der Waals surface area (Å²) in [4.78, 5) is 17.1. The highest BCUT2D eigenvalue weighted by Gasteiger charge is 2.21. The number of aromatic nitrogens is 2. The molecule has 6 heteroatoms. The lowest BCUT2D eigenvalue weighted by Gasteiger charge is -1.98. The SMILES string of the molecule is O=Nc1c(-c2c(O)[nH]c3cc(F)ccc23)[nH]c2ccccc12. The van der Waals surface area contributed by atoms with E-state index >= 15 is 0 Å². The van der Waals surface area contributed by atoms with Crippen molar-refractivity contribution in [1.29, 1.82) is 0 Å². The van der Waals surface area contributed by atoms with Crippen LogP contribution in [0, 0.1) is 10.7 Å². The highest BCUT2D eigenvalue weighted by molar-refractivity contribution is 6.07. The number of rotatable bonds is 2. The van der Waals surface area contributed by atoms with Crippen molar-refractivity contribution >= 4 is 27.5 Å². The molecular weight excluding hydrogens is 285 g/mol. The molecule has 3 N–H and O–H groups in total. The third-order valence-electron chi connectivity index (χ3n) is 3.76. The number of aromatic hydroxyl groups is 1. The first-order valence-electron chi connectivity index (χ1n) is 6.63. The first kappa shape index (κ1) is 12.6. The Hall–Kier alpha value is -3.15. The summed E-state index contributed by atoms with van der Waals surface area (Å²) in [7, 11) is 0. The molecule has 5 nitrogen and oxygen atoms in total. The third-order valence-corrected chi connectivity index (χ3v) is 3.76. The van der Waals surface area contributed by atoms with E-state index in [9.17, 15) is 14.4 Å². The monoisotopic (exact) mass is 295 g/mol. The summed E-state index contributed by atoms with van der Waals surface area (Å²) >= 11 is 0. The molecule has 4 aromatic rings. The van der Waals surface area contributed by atoms with Gasteiger partial charge in [-0.15, -0.1) is 4.91 Å². The van der Waals surface area contributed by atoms with Crippen molar-refractivity contribution in [3.8, 4) is 17.1 Å². The molecule has 0 saturated carbocycles. The van der Waals surface area contributed by atoms with Gasteiger partial charge in [-0.2, -0.15) is 0 Å². The van der Waals surface area contributed by atoms with E-state index in [2.05, 4.69) is 15.1 Å². The molecule has 0 atom stereocenters. The van der Waals surface area contributed by atoms with Crippen molar-refractivity contribution in [1.82, 2.24) is 9.97 Å². The summed E-state index contributed by atoms with van der Waals surface area (Å²) in [5.74, 6) is -0.553. The number of fused-ring (bicyclic) bond motifs is 2. The summed E-state index contributed by atoms with van der Waals surface area (Å²) in [6.07, 6.45) is 0. The molecule has 0 unspecified atom stereocenters. The largest absolute Gasteiger partial charge is 0.494 e. The second kappa shape index (κ2) is 4.42. The molecule has 0 radical (unpaired) electrons. The molecule has 2 heterocycles. The Labute approximate surface area is 123 Å². The Morgan fingerprint density at radius 1 is 1.00 bits per heavy atom. The van der Waals surface area contributed by atoms with Crippen molar-refractivity contribution in [2.75, 3.05) is 0 Å². The van der Waals surface area contributed by atoms with Gasteiger partial charge in [0.2, 0.25) is 0 Å². The topological polar surface area (TPSA) is 81.2 Å². The van der Waals surface area contributed by atoms with Crippen molar-refractivity contribution < 1.29 is 9.50 Å². The Bertz CT molecular complexity index is 1030. The molecule has 0 aliphatic rings. The minimum atomic E-state index is -0.411. The molecule has 2 aromatic carbocycles. The van der Waals surface area contributed by atoms with Gasteiger partial charge < -0.3 is 15.1 Å². The molecule has 0 spiro atoms. The van der Waals surface area contributed by atoms with E-state index in [4.69, 9.17) is 0 Å². The van der Waals surface area contributed by atoms with E-state index in [1.165, 1.54) is 12.1 Å². The van der Waals surface area contributed by atoms with Crippen molar-refractivity contribution in [3.63, 3.8) is 0 Å². The number of nitrogens with zero attached hydrogens (tertiary/aromatic N) is 1. The number of halogens is 1. The predicted octanol–water partition coefficient (Wildman–Crippen LogP) is 4.56. The Morgan fingerprint density at radius 3 is 2.64 bits per heavy atom. The number of para-hydroxylation sites is 1. The van der Waals surface area contributed by atoms with Crippen molar-refractivity contribution in [2.45, 2.75) is 0 Å². The fourth-order valence-corrected chi connectivity index (χ4v) is 2.81. The van der Waals surface area contributed by atoms with Crippen LogP contribution in [0.3, 0.4) is 0 Å². The standard InChI is InChI=1S/C16H10FN3O2/c17-8-5-6-9-12(7-8)19-16(21)13(9)15-14(20-22)10-3-1-2-4-11(10)18-15/h1-7,18-19,21H. The molecule has 0 fully saturated rings. The summed E-state index contributed by atoms with van der Waals surface area (Å²) in [6, 6.07) is 11.4. The van der Waals surface area contributed by atoms with E-state index < -0.39 is 5.82 Å². The number of hydrogen-bond acceptors (Lipinski definition) is 3. The van der Waals surface area contributed by atoms with Gasteiger partial charge in [0, 0.05) is 16.3 Å². The Balaban J connectivity index is 2.11. The molecule has 4 rings (SSSR count). The van der Waals surface area contributed by atoms with Crippen LogP contribution < -0.4 is 0 Å². The van der Waals surface area contributed by atoms with Gasteiger partial charge in [-0.1, -0.05) is 18.2 Å². The average Bonchev–Trinajstić information content (AvgIpc) is 3.02. The fraction of sp³-hybridized carbons (Fsp3) is 0. The molecule has 108 valence electrons. The lowest BCUT2D eigenvalue weighted by Crippen LogP contribution is -1.78. The highest BCUT2D eigenvalue weighted by Crippen LogP contribution is 2.44. The quantitative estimate of drug-likeness (QED) is 0.474. The zero-order valence-corrected chi connectivity index (χ0v) is 11.2. The van der Waals surface area contributed by atoms with Crippen LogP contribution >= 0.6 is 0 Å². The van der Waals surface area contributed by atoms with E-state index in [1.807, 2.05) is 12.1 Å². The summed E-state index contributed by atoms with van der Waals surface area (Å²) in [5, 5.41) is 14.6. The van der Waals surface area contributed by atoms with Gasteiger partial charge in [0.15, 0.2) is 5.88 Å². The molecule has 0 saturated heterocycles. The molecule has 22 heavy (non-hydrogen) atoms. The van der Waals surface area contributed by atoms with E-state index in [0.29, 0.717) is 27.5 Å². The van der Waals surface area contributed by atoms with Crippen LogP contribution in [0.5, 0.6) is 5.88 Å². The zero-order chi connectivity index (χ0) is 15.3. The van der Waals surface area contributed by atoms with E-state index in [1.54, 1.807) is 18.2 Å². The van der Waals surface area contributed by atoms with E-state index in [0.717, 1.165) is 5.52 Å². The first-order chi connectivity index (χ1) is 10.7. The smallest absolute Gasteiger partial charge is 0.199 e. The van der Waals surface area contributed by atoms with Gasteiger partial charge in [0.1, 0.15) is 11.5 Å². The number of nitrogens with one attached hydrogen (secondary N) is 2. The maximum absolute atomic E-state index is 13.3. The molecule has 2 aromatic heterocycles. The number of aromatic amines is 2. The summed E-state index contributed by atoms with van der Waals surface area (Å²) < 4.78 is 13.3. The predicted molar refractivity (Wildman–Crippen MR) is 82.7 cm³/mol. The van der Waals surface area contributed by atoms with Crippen molar-refractivity contribution in [3.05, 3.63) is 53.2 Å². The van der Waals surface area contributed by atoms with Gasteiger partial charge in [0.05, 0.1) is 16.8 Å². The molecule has 0 aliphatic heterocycles. The van der Waals surface area contributed by atoms with Crippen LogP contribution in [-0.4, -0.2) is 15.1 Å². The van der Waals surface area contributed by atoms with Crippen LogP contribution in [0.1, 0.15) is 0 Å². The Kier molecular flexibility index (Phi) is 2.53. The summed E-state index contributed by atoms with van der Waals surface area (Å²) in [5.41, 5.74) is 2.22. The zero-order valence-electron chi connectivity index (χ0n) is 11.2. The second-order valence-electron chi connectivity index (χ2n) is 5.02. The van der Waals surface area contributed by atoms with Crippen LogP contribution in [-0.2, 0) is 0 Å². The minimum absolute atomic E-state index is 0.142. The van der Waals surface area contributed by atoms with Gasteiger partial charge in [-0.05, 0) is 29.4 Å². The molecule has 0 aliphatic carbocycles.